The molecule has 0 spiro atoms. The van der Waals surface area contributed by atoms with E-state index in [-0.39, 0.29) is 24.0 Å². The van der Waals surface area contributed by atoms with Gasteiger partial charge in [-0.2, -0.15) is 0 Å². The van der Waals surface area contributed by atoms with Gasteiger partial charge in [-0.05, 0) is 48.6 Å². The van der Waals surface area contributed by atoms with Gasteiger partial charge in [-0.3, -0.25) is 4.79 Å². The molecule has 0 aliphatic carbocycles. The molecule has 1 amide bonds. The number of halogens is 1. The predicted octanol–water partition coefficient (Wildman–Crippen LogP) is 5.32. The number of carbonyl (C=O) groups excluding carboxylic acids is 1. The summed E-state index contributed by atoms with van der Waals surface area (Å²) in [7, 11) is 0. The lowest BCUT2D eigenvalue weighted by Crippen LogP contribution is -2.23. The van der Waals surface area contributed by atoms with E-state index in [1.165, 1.54) is 0 Å². The summed E-state index contributed by atoms with van der Waals surface area (Å²) < 4.78 is 18.3. The fourth-order valence-corrected chi connectivity index (χ4v) is 3.56. The molecule has 1 N–H and O–H groups in total. The average molecular weight is 462 g/mol. The lowest BCUT2D eigenvalue weighted by atomic mass is 9.86. The molecule has 156 valence electrons. The number of amides is 1. The summed E-state index contributed by atoms with van der Waals surface area (Å²) in [5.74, 6) is 1.11. The van der Waals surface area contributed by atoms with Crippen LogP contribution in [-0.2, 0) is 14.9 Å². The molecule has 2 aromatic carbocycles. The van der Waals surface area contributed by atoms with Gasteiger partial charge >= 0.3 is 0 Å². The molecule has 0 radical (unpaired) electrons. The molecule has 2 aromatic rings. The lowest BCUT2D eigenvalue weighted by molar-refractivity contribution is -0.118. The normalized spacial score (nSPS) is 16.5. The monoisotopic (exact) mass is 461 g/mol. The van der Waals surface area contributed by atoms with Crippen molar-refractivity contribution in [3.63, 3.8) is 0 Å². The van der Waals surface area contributed by atoms with Crippen LogP contribution in [0, 0.1) is 0 Å². The van der Waals surface area contributed by atoms with E-state index in [4.69, 9.17) is 14.2 Å². The van der Waals surface area contributed by atoms with Crippen LogP contribution in [0.3, 0.4) is 0 Å². The highest BCUT2D eigenvalue weighted by Crippen LogP contribution is 2.33. The van der Waals surface area contributed by atoms with Crippen LogP contribution in [0.25, 0.3) is 0 Å². The third-order valence-corrected chi connectivity index (χ3v) is 5.21. The first-order chi connectivity index (χ1) is 13.8. The van der Waals surface area contributed by atoms with Crippen molar-refractivity contribution in [1.82, 2.24) is 0 Å². The van der Waals surface area contributed by atoms with Crippen LogP contribution in [0.5, 0.6) is 11.5 Å². The summed E-state index contributed by atoms with van der Waals surface area (Å²) in [5, 5.41) is 2.89. The van der Waals surface area contributed by atoms with Gasteiger partial charge in [0.1, 0.15) is 18.1 Å². The van der Waals surface area contributed by atoms with E-state index < -0.39 is 0 Å². The highest BCUT2D eigenvalue weighted by atomic mass is 79.9. The molecule has 1 fully saturated rings. The summed E-state index contributed by atoms with van der Waals surface area (Å²) in [6.07, 6.45) is 2.19. The molecular formula is C23H28BrNO4. The minimum Gasteiger partial charge on any atom is -0.489 e. The summed E-state index contributed by atoms with van der Waals surface area (Å²) in [4.78, 5) is 12.5. The molecule has 0 saturated carbocycles. The fourth-order valence-electron chi connectivity index (χ4n) is 3.20. The van der Waals surface area contributed by atoms with Crippen molar-refractivity contribution in [3.05, 3.63) is 52.5 Å². The average Bonchev–Trinajstić information content (AvgIpc) is 3.19. The first-order valence-electron chi connectivity index (χ1n) is 9.89. The maximum atomic E-state index is 12.5. The van der Waals surface area contributed by atoms with Gasteiger partial charge in [0.05, 0.1) is 11.8 Å². The predicted molar refractivity (Wildman–Crippen MR) is 118 cm³/mol. The second-order valence-electron chi connectivity index (χ2n) is 8.17. The zero-order valence-corrected chi connectivity index (χ0v) is 18.8. The molecule has 1 unspecified atom stereocenters. The fraction of sp³-hybridized carbons (Fsp3) is 0.435. The van der Waals surface area contributed by atoms with Gasteiger partial charge in [0, 0.05) is 16.6 Å². The molecule has 1 saturated heterocycles. The number of para-hydroxylation sites is 2. The van der Waals surface area contributed by atoms with E-state index in [1.807, 2.05) is 42.5 Å². The number of rotatable bonds is 7. The number of hydrogen-bond donors (Lipinski definition) is 1. The number of benzene rings is 2. The highest BCUT2D eigenvalue weighted by molar-refractivity contribution is 9.10. The Morgan fingerprint density at radius 2 is 1.97 bits per heavy atom. The summed E-state index contributed by atoms with van der Waals surface area (Å²) in [6, 6.07) is 13.2. The van der Waals surface area contributed by atoms with E-state index in [1.54, 1.807) is 0 Å². The summed E-state index contributed by atoms with van der Waals surface area (Å²) >= 11 is 3.50. The molecule has 1 aliphatic heterocycles. The number of anilines is 1. The van der Waals surface area contributed by atoms with E-state index in [2.05, 4.69) is 42.0 Å². The van der Waals surface area contributed by atoms with Crippen LogP contribution < -0.4 is 14.8 Å². The zero-order chi connectivity index (χ0) is 20.9. The minimum atomic E-state index is -0.235. The van der Waals surface area contributed by atoms with Crippen LogP contribution in [0.2, 0.25) is 0 Å². The Hall–Kier alpha value is -2.05. The van der Waals surface area contributed by atoms with Crippen molar-refractivity contribution in [2.75, 3.05) is 25.1 Å². The molecule has 6 heteroatoms. The highest BCUT2D eigenvalue weighted by Gasteiger charge is 2.20. The smallest absolute Gasteiger partial charge is 0.262 e. The van der Waals surface area contributed by atoms with E-state index in [0.29, 0.717) is 23.8 Å². The van der Waals surface area contributed by atoms with Gasteiger partial charge < -0.3 is 19.5 Å². The van der Waals surface area contributed by atoms with Crippen LogP contribution in [-0.4, -0.2) is 31.8 Å². The molecular weight excluding hydrogens is 434 g/mol. The Morgan fingerprint density at radius 3 is 2.69 bits per heavy atom. The largest absolute Gasteiger partial charge is 0.489 e. The molecule has 1 atom stereocenters. The Balaban J connectivity index is 1.60. The molecule has 0 aromatic heterocycles. The second kappa shape index (κ2) is 9.63. The molecule has 29 heavy (non-hydrogen) atoms. The van der Waals surface area contributed by atoms with Gasteiger partial charge in [0.25, 0.3) is 5.91 Å². The molecule has 3 rings (SSSR count). The van der Waals surface area contributed by atoms with Crippen LogP contribution in [0.15, 0.2) is 46.9 Å². The second-order valence-corrected chi connectivity index (χ2v) is 9.09. The first-order valence-corrected chi connectivity index (χ1v) is 10.7. The van der Waals surface area contributed by atoms with Crippen molar-refractivity contribution in [3.8, 4) is 11.5 Å². The standard InChI is InChI=1S/C23H28BrNO4/c1-23(2,3)18-13-16(24)10-11-20(18)29-15-22(26)25-19-8-4-5-9-21(19)28-14-17-7-6-12-27-17/h4-5,8-11,13,17H,6-7,12,14-15H2,1-3H3,(H,25,26). The number of nitrogens with one attached hydrogen (secondary N) is 1. The Kier molecular flexibility index (Phi) is 7.19. The number of carbonyl (C=O) groups is 1. The molecule has 1 heterocycles. The van der Waals surface area contributed by atoms with E-state index in [0.717, 1.165) is 29.5 Å². The van der Waals surface area contributed by atoms with Gasteiger partial charge in [0.2, 0.25) is 0 Å². The maximum absolute atomic E-state index is 12.5. The van der Waals surface area contributed by atoms with Crippen LogP contribution in [0.4, 0.5) is 5.69 Å². The van der Waals surface area contributed by atoms with Gasteiger partial charge in [0.15, 0.2) is 6.61 Å². The quantitative estimate of drug-likeness (QED) is 0.605. The van der Waals surface area contributed by atoms with Crippen LogP contribution in [0.1, 0.15) is 39.2 Å². The maximum Gasteiger partial charge on any atom is 0.262 e. The zero-order valence-electron chi connectivity index (χ0n) is 17.2. The molecule has 5 nitrogen and oxygen atoms in total. The van der Waals surface area contributed by atoms with Gasteiger partial charge in [-0.25, -0.2) is 0 Å². The van der Waals surface area contributed by atoms with E-state index >= 15 is 0 Å². The van der Waals surface area contributed by atoms with Gasteiger partial charge in [-0.15, -0.1) is 0 Å². The summed E-state index contributed by atoms with van der Waals surface area (Å²) in [5.41, 5.74) is 1.57. The SMILES string of the molecule is CC(C)(C)c1cc(Br)ccc1OCC(=O)Nc1ccccc1OCC1CCCO1. The third kappa shape index (κ3) is 6.21. The first kappa shape index (κ1) is 21.7. The lowest BCUT2D eigenvalue weighted by Gasteiger charge is -2.23. The Bertz CT molecular complexity index is 841. The molecule has 1 aliphatic rings. The van der Waals surface area contributed by atoms with Crippen molar-refractivity contribution < 1.29 is 19.0 Å². The van der Waals surface area contributed by atoms with E-state index in [9.17, 15) is 4.79 Å². The minimum absolute atomic E-state index is 0.0786. The Morgan fingerprint density at radius 1 is 1.17 bits per heavy atom. The Labute approximate surface area is 180 Å². The van der Waals surface area contributed by atoms with Crippen LogP contribution >= 0.6 is 15.9 Å². The van der Waals surface area contributed by atoms with Crippen molar-refractivity contribution >= 4 is 27.5 Å². The topological polar surface area (TPSA) is 56.8 Å². The van der Waals surface area contributed by atoms with Gasteiger partial charge in [-0.1, -0.05) is 48.8 Å². The van der Waals surface area contributed by atoms with Crippen molar-refractivity contribution in [2.24, 2.45) is 0 Å². The number of hydrogen-bond acceptors (Lipinski definition) is 4. The number of ether oxygens (including phenoxy) is 3. The summed E-state index contributed by atoms with van der Waals surface area (Å²) in [6.45, 7) is 7.54. The molecule has 0 bridgehead atoms. The third-order valence-electron chi connectivity index (χ3n) is 4.72. The van der Waals surface area contributed by atoms with Crippen molar-refractivity contribution in [1.29, 1.82) is 0 Å². The van der Waals surface area contributed by atoms with Crippen molar-refractivity contribution in [2.45, 2.75) is 45.1 Å².